The Morgan fingerprint density at radius 1 is 1.35 bits per heavy atom. The Kier molecular flexibility index (Phi) is 6.52. The fraction of sp³-hybridized carbons (Fsp3) is 0.800. The summed E-state index contributed by atoms with van der Waals surface area (Å²) in [4.78, 5) is 27.1. The molecule has 0 aliphatic carbocycles. The Morgan fingerprint density at radius 2 is 1.94 bits per heavy atom. The zero-order valence-corrected chi connectivity index (χ0v) is 10.6. The van der Waals surface area contributed by atoms with Gasteiger partial charge in [-0.15, -0.1) is 0 Å². The van der Waals surface area contributed by atoms with Crippen molar-refractivity contribution in [3.8, 4) is 0 Å². The molecule has 0 aromatic carbocycles. The lowest BCUT2D eigenvalue weighted by Crippen LogP contribution is -2.44. The van der Waals surface area contributed by atoms with Crippen molar-refractivity contribution >= 4 is 12.1 Å². The summed E-state index contributed by atoms with van der Waals surface area (Å²) in [6.07, 6.45) is -0.479. The van der Waals surface area contributed by atoms with Gasteiger partial charge in [0, 0.05) is 6.42 Å². The Bertz CT molecular complexity index is 262. The minimum atomic E-state index is -0.835. The van der Waals surface area contributed by atoms with Crippen molar-refractivity contribution in [2.75, 3.05) is 13.7 Å². The lowest BCUT2D eigenvalue weighted by molar-refractivity contribution is -0.143. The largest absolute Gasteiger partial charge is 0.467 e. The summed E-state index contributed by atoms with van der Waals surface area (Å²) in [5.41, 5.74) is -0.630. The minimum Gasteiger partial charge on any atom is -0.467 e. The van der Waals surface area contributed by atoms with Crippen LogP contribution in [0.1, 0.15) is 27.2 Å². The first-order chi connectivity index (χ1) is 7.80. The van der Waals surface area contributed by atoms with Crippen LogP contribution < -0.4 is 11.2 Å². The van der Waals surface area contributed by atoms with Crippen LogP contribution in [0.4, 0.5) is 4.79 Å². The molecule has 3 N–H and O–H groups in total. The van der Waals surface area contributed by atoms with Gasteiger partial charge in [-0.3, -0.25) is 0 Å². The lowest BCUT2D eigenvalue weighted by Gasteiger charge is -2.22. The summed E-state index contributed by atoms with van der Waals surface area (Å²) in [5.74, 6) is 4.28. The highest BCUT2D eigenvalue weighted by molar-refractivity contribution is 5.81. The molecule has 0 spiro atoms. The van der Waals surface area contributed by atoms with Crippen molar-refractivity contribution in [3.63, 3.8) is 0 Å². The number of methoxy groups -OCH3 is 1. The molecular formula is C10H20N2O5. The Hall–Kier alpha value is -1.34. The molecule has 1 amide bonds. The molecule has 0 saturated heterocycles. The standard InChI is InChI=1S/C10H20N2O5/c1-10(2,3)17-9(14)12-7(5-6-16-11)8(13)15-4/h7H,5-6,11H2,1-4H3,(H,12,14). The van der Waals surface area contributed by atoms with E-state index in [0.717, 1.165) is 0 Å². The second kappa shape index (κ2) is 7.08. The van der Waals surface area contributed by atoms with Gasteiger partial charge >= 0.3 is 12.1 Å². The first kappa shape index (κ1) is 15.7. The number of ether oxygens (including phenoxy) is 2. The van der Waals surface area contributed by atoms with Crippen LogP contribution in [0.25, 0.3) is 0 Å². The summed E-state index contributed by atoms with van der Waals surface area (Å²) in [5, 5.41) is 2.39. The highest BCUT2D eigenvalue weighted by Crippen LogP contribution is 2.07. The zero-order chi connectivity index (χ0) is 13.5. The first-order valence-electron chi connectivity index (χ1n) is 5.19. The molecule has 0 heterocycles. The van der Waals surface area contributed by atoms with Crippen molar-refractivity contribution in [1.29, 1.82) is 0 Å². The van der Waals surface area contributed by atoms with Gasteiger partial charge < -0.3 is 19.6 Å². The molecule has 0 saturated carbocycles. The topological polar surface area (TPSA) is 99.9 Å². The van der Waals surface area contributed by atoms with Gasteiger partial charge in [-0.2, -0.15) is 0 Å². The lowest BCUT2D eigenvalue weighted by atomic mass is 10.2. The fourth-order valence-electron chi connectivity index (χ4n) is 1.03. The average molecular weight is 248 g/mol. The maximum atomic E-state index is 11.4. The molecule has 0 aromatic rings. The molecular weight excluding hydrogens is 228 g/mol. The molecule has 7 nitrogen and oxygen atoms in total. The van der Waals surface area contributed by atoms with Gasteiger partial charge in [0.2, 0.25) is 0 Å². The Labute approximate surface area is 101 Å². The number of nitrogens with two attached hydrogens (primary N) is 1. The highest BCUT2D eigenvalue weighted by Gasteiger charge is 2.24. The van der Waals surface area contributed by atoms with Crippen LogP contribution in [0.2, 0.25) is 0 Å². The third kappa shape index (κ3) is 7.53. The number of nitrogens with one attached hydrogen (secondary N) is 1. The van der Waals surface area contributed by atoms with Gasteiger partial charge in [-0.25, -0.2) is 15.5 Å². The number of amides is 1. The van der Waals surface area contributed by atoms with Crippen LogP contribution in [0.5, 0.6) is 0 Å². The molecule has 7 heteroatoms. The molecule has 0 rings (SSSR count). The van der Waals surface area contributed by atoms with E-state index in [9.17, 15) is 9.59 Å². The van der Waals surface area contributed by atoms with Gasteiger partial charge in [-0.1, -0.05) is 0 Å². The normalized spacial score (nSPS) is 12.8. The Balaban J connectivity index is 4.32. The third-order valence-electron chi connectivity index (χ3n) is 1.70. The summed E-state index contributed by atoms with van der Waals surface area (Å²) < 4.78 is 9.55. The van der Waals surface area contributed by atoms with E-state index in [1.54, 1.807) is 20.8 Å². The van der Waals surface area contributed by atoms with E-state index in [1.165, 1.54) is 7.11 Å². The monoisotopic (exact) mass is 248 g/mol. The van der Waals surface area contributed by atoms with Crippen molar-refractivity contribution in [2.45, 2.75) is 38.8 Å². The third-order valence-corrected chi connectivity index (χ3v) is 1.70. The number of hydrogen-bond acceptors (Lipinski definition) is 6. The van der Waals surface area contributed by atoms with Crippen LogP contribution in [0.3, 0.4) is 0 Å². The number of alkyl carbamates (subject to hydrolysis) is 1. The SMILES string of the molecule is COC(=O)C(CCON)NC(=O)OC(C)(C)C. The summed E-state index contributed by atoms with van der Waals surface area (Å²) in [7, 11) is 1.23. The fourth-order valence-corrected chi connectivity index (χ4v) is 1.03. The molecule has 0 aliphatic rings. The van der Waals surface area contributed by atoms with Gasteiger partial charge in [-0.05, 0) is 20.8 Å². The first-order valence-corrected chi connectivity index (χ1v) is 5.19. The van der Waals surface area contributed by atoms with Gasteiger partial charge in [0.15, 0.2) is 0 Å². The predicted molar refractivity (Wildman–Crippen MR) is 59.9 cm³/mol. The van der Waals surface area contributed by atoms with Crippen LogP contribution in [-0.2, 0) is 19.1 Å². The predicted octanol–water partition coefficient (Wildman–Crippen LogP) is 0.333. The van der Waals surface area contributed by atoms with Gasteiger partial charge in [0.1, 0.15) is 11.6 Å². The average Bonchev–Trinajstić information content (AvgIpc) is 2.20. The van der Waals surface area contributed by atoms with Crippen molar-refractivity contribution in [1.82, 2.24) is 5.32 Å². The smallest absolute Gasteiger partial charge is 0.408 e. The zero-order valence-electron chi connectivity index (χ0n) is 10.6. The van der Waals surface area contributed by atoms with Gasteiger partial charge in [0.25, 0.3) is 0 Å². The molecule has 17 heavy (non-hydrogen) atoms. The van der Waals surface area contributed by atoms with E-state index in [1.807, 2.05) is 0 Å². The maximum Gasteiger partial charge on any atom is 0.408 e. The molecule has 1 unspecified atom stereocenters. The second-order valence-electron chi connectivity index (χ2n) is 4.38. The number of carbonyl (C=O) groups excluding carboxylic acids is 2. The summed E-state index contributed by atoms with van der Waals surface area (Å²) >= 11 is 0. The van der Waals surface area contributed by atoms with Crippen molar-refractivity contribution in [2.24, 2.45) is 5.90 Å². The molecule has 1 atom stereocenters. The van der Waals surface area contributed by atoms with Crippen LogP contribution >= 0.6 is 0 Å². The van der Waals surface area contributed by atoms with E-state index >= 15 is 0 Å². The van der Waals surface area contributed by atoms with E-state index in [0.29, 0.717) is 0 Å². The second-order valence-corrected chi connectivity index (χ2v) is 4.38. The minimum absolute atomic E-state index is 0.121. The van der Waals surface area contributed by atoms with E-state index in [4.69, 9.17) is 10.6 Å². The molecule has 0 fully saturated rings. The number of hydrogen-bond donors (Lipinski definition) is 2. The van der Waals surface area contributed by atoms with E-state index < -0.39 is 23.7 Å². The van der Waals surface area contributed by atoms with Crippen molar-refractivity contribution < 1.29 is 23.9 Å². The van der Waals surface area contributed by atoms with Crippen LogP contribution in [-0.4, -0.2) is 37.4 Å². The molecule has 0 radical (unpaired) electrons. The van der Waals surface area contributed by atoms with Crippen LogP contribution in [0, 0.1) is 0 Å². The molecule has 0 bridgehead atoms. The molecule has 0 aliphatic heterocycles. The van der Waals surface area contributed by atoms with Crippen LogP contribution in [0.15, 0.2) is 0 Å². The summed E-state index contributed by atoms with van der Waals surface area (Å²) in [6, 6.07) is -0.835. The maximum absolute atomic E-state index is 11.4. The summed E-state index contributed by atoms with van der Waals surface area (Å²) in [6.45, 7) is 5.30. The number of carbonyl (C=O) groups is 2. The molecule has 100 valence electrons. The van der Waals surface area contributed by atoms with Gasteiger partial charge in [0.05, 0.1) is 13.7 Å². The van der Waals surface area contributed by atoms with E-state index in [2.05, 4.69) is 14.9 Å². The Morgan fingerprint density at radius 3 is 2.35 bits per heavy atom. The number of esters is 1. The highest BCUT2D eigenvalue weighted by atomic mass is 16.6. The van der Waals surface area contributed by atoms with E-state index in [-0.39, 0.29) is 13.0 Å². The van der Waals surface area contributed by atoms with Crippen molar-refractivity contribution in [3.05, 3.63) is 0 Å². The molecule has 0 aromatic heterocycles. The number of rotatable bonds is 5. The quantitative estimate of drug-likeness (QED) is 0.537.